The van der Waals surface area contributed by atoms with Gasteiger partial charge in [0.15, 0.2) is 11.5 Å². The summed E-state index contributed by atoms with van der Waals surface area (Å²) < 4.78 is 4.99. The van der Waals surface area contributed by atoms with E-state index in [1.165, 1.54) is 19.3 Å². The first-order valence-corrected chi connectivity index (χ1v) is 5.92. The van der Waals surface area contributed by atoms with E-state index in [0.717, 1.165) is 12.0 Å². The molecule has 0 saturated carbocycles. The van der Waals surface area contributed by atoms with E-state index < -0.39 is 0 Å². The summed E-state index contributed by atoms with van der Waals surface area (Å²) in [6.45, 7) is 3.97. The van der Waals surface area contributed by atoms with Gasteiger partial charge in [-0.2, -0.15) is 0 Å². The summed E-state index contributed by atoms with van der Waals surface area (Å²) in [5.41, 5.74) is 0.795. The molecule has 0 fully saturated rings. The SMILES string of the molecule is CCC(C)NC(=O)C=Cc1ccc(O)c(OC)c1. The quantitative estimate of drug-likeness (QED) is 0.787. The van der Waals surface area contributed by atoms with Gasteiger partial charge in [0.05, 0.1) is 7.11 Å². The van der Waals surface area contributed by atoms with Crippen molar-refractivity contribution in [3.8, 4) is 11.5 Å². The van der Waals surface area contributed by atoms with E-state index in [0.29, 0.717) is 5.75 Å². The molecule has 1 amide bonds. The molecule has 18 heavy (non-hydrogen) atoms. The van der Waals surface area contributed by atoms with Gasteiger partial charge in [0.1, 0.15) is 0 Å². The lowest BCUT2D eigenvalue weighted by atomic mass is 10.2. The molecule has 1 aromatic carbocycles. The van der Waals surface area contributed by atoms with E-state index in [2.05, 4.69) is 5.32 Å². The Morgan fingerprint density at radius 2 is 2.28 bits per heavy atom. The van der Waals surface area contributed by atoms with Crippen LogP contribution in [0.1, 0.15) is 25.8 Å². The van der Waals surface area contributed by atoms with E-state index in [4.69, 9.17) is 4.74 Å². The average molecular weight is 249 g/mol. The number of aromatic hydroxyl groups is 1. The lowest BCUT2D eigenvalue weighted by Gasteiger charge is -2.08. The van der Waals surface area contributed by atoms with Crippen molar-refractivity contribution in [2.75, 3.05) is 7.11 Å². The third-order valence-corrected chi connectivity index (χ3v) is 2.63. The Kier molecular flexibility index (Phi) is 5.24. The highest BCUT2D eigenvalue weighted by Gasteiger charge is 2.03. The van der Waals surface area contributed by atoms with Crippen LogP contribution in [0.15, 0.2) is 24.3 Å². The van der Waals surface area contributed by atoms with Crippen LogP contribution in [-0.2, 0) is 4.79 Å². The summed E-state index contributed by atoms with van der Waals surface area (Å²) in [7, 11) is 1.48. The molecule has 1 unspecified atom stereocenters. The van der Waals surface area contributed by atoms with E-state index >= 15 is 0 Å². The molecule has 0 spiro atoms. The molecule has 0 bridgehead atoms. The van der Waals surface area contributed by atoms with Crippen LogP contribution in [0, 0.1) is 0 Å². The van der Waals surface area contributed by atoms with Crippen LogP contribution in [0.3, 0.4) is 0 Å². The molecule has 0 aromatic heterocycles. The molecular weight excluding hydrogens is 230 g/mol. The fourth-order valence-corrected chi connectivity index (χ4v) is 1.36. The second-order valence-corrected chi connectivity index (χ2v) is 4.08. The Morgan fingerprint density at radius 1 is 1.56 bits per heavy atom. The smallest absolute Gasteiger partial charge is 0.244 e. The van der Waals surface area contributed by atoms with E-state index in [-0.39, 0.29) is 17.7 Å². The van der Waals surface area contributed by atoms with Crippen molar-refractivity contribution in [1.82, 2.24) is 5.32 Å². The van der Waals surface area contributed by atoms with Gasteiger partial charge in [0.25, 0.3) is 0 Å². The van der Waals surface area contributed by atoms with Gasteiger partial charge in [-0.05, 0) is 37.1 Å². The number of methoxy groups -OCH3 is 1. The topological polar surface area (TPSA) is 58.6 Å². The number of phenols is 1. The maximum Gasteiger partial charge on any atom is 0.244 e. The van der Waals surface area contributed by atoms with E-state index in [9.17, 15) is 9.90 Å². The van der Waals surface area contributed by atoms with Crippen molar-refractivity contribution in [2.45, 2.75) is 26.3 Å². The number of carbonyl (C=O) groups is 1. The summed E-state index contributed by atoms with van der Waals surface area (Å²) in [5, 5.41) is 12.3. The number of benzene rings is 1. The van der Waals surface area contributed by atoms with Gasteiger partial charge in [0, 0.05) is 12.1 Å². The van der Waals surface area contributed by atoms with Crippen LogP contribution in [0.2, 0.25) is 0 Å². The van der Waals surface area contributed by atoms with Crippen molar-refractivity contribution in [1.29, 1.82) is 0 Å². The van der Waals surface area contributed by atoms with Gasteiger partial charge in [-0.3, -0.25) is 4.79 Å². The summed E-state index contributed by atoms with van der Waals surface area (Å²) in [5.74, 6) is 0.342. The minimum atomic E-state index is -0.128. The van der Waals surface area contributed by atoms with Gasteiger partial charge in [-0.15, -0.1) is 0 Å². The summed E-state index contributed by atoms with van der Waals surface area (Å²) in [6.07, 6.45) is 4.05. The Hall–Kier alpha value is -1.97. The van der Waals surface area contributed by atoms with Gasteiger partial charge >= 0.3 is 0 Å². The van der Waals surface area contributed by atoms with Crippen LogP contribution in [0.5, 0.6) is 11.5 Å². The minimum Gasteiger partial charge on any atom is -0.504 e. The molecule has 0 aliphatic heterocycles. The van der Waals surface area contributed by atoms with Gasteiger partial charge < -0.3 is 15.2 Å². The summed E-state index contributed by atoms with van der Waals surface area (Å²) in [4.78, 5) is 11.5. The first-order chi connectivity index (χ1) is 8.56. The number of carbonyl (C=O) groups excluding carboxylic acids is 1. The van der Waals surface area contributed by atoms with Crippen molar-refractivity contribution in [2.24, 2.45) is 0 Å². The number of amides is 1. The molecule has 1 rings (SSSR count). The van der Waals surface area contributed by atoms with Crippen molar-refractivity contribution in [3.63, 3.8) is 0 Å². The van der Waals surface area contributed by atoms with E-state index in [1.54, 1.807) is 18.2 Å². The van der Waals surface area contributed by atoms with Crippen LogP contribution < -0.4 is 10.1 Å². The maximum absolute atomic E-state index is 11.5. The van der Waals surface area contributed by atoms with Crippen LogP contribution in [-0.4, -0.2) is 24.2 Å². The molecular formula is C14H19NO3. The molecule has 0 aliphatic rings. The highest BCUT2D eigenvalue weighted by Crippen LogP contribution is 2.26. The van der Waals surface area contributed by atoms with Crippen LogP contribution in [0.4, 0.5) is 0 Å². The molecule has 0 radical (unpaired) electrons. The average Bonchev–Trinajstić information content (AvgIpc) is 2.37. The lowest BCUT2D eigenvalue weighted by Crippen LogP contribution is -2.30. The number of nitrogens with one attached hydrogen (secondary N) is 1. The van der Waals surface area contributed by atoms with E-state index in [1.807, 2.05) is 13.8 Å². The maximum atomic E-state index is 11.5. The predicted octanol–water partition coefficient (Wildman–Crippen LogP) is 2.33. The molecule has 1 aromatic rings. The number of hydrogen-bond donors (Lipinski definition) is 2. The van der Waals surface area contributed by atoms with Crippen LogP contribution >= 0.6 is 0 Å². The number of phenolic OH excluding ortho intramolecular Hbond substituents is 1. The molecule has 0 aliphatic carbocycles. The molecule has 0 saturated heterocycles. The first kappa shape index (κ1) is 14.1. The van der Waals surface area contributed by atoms with Crippen molar-refractivity contribution < 1.29 is 14.6 Å². The Labute approximate surface area is 107 Å². The normalized spacial score (nSPS) is 12.4. The second kappa shape index (κ2) is 6.69. The highest BCUT2D eigenvalue weighted by molar-refractivity contribution is 5.91. The Morgan fingerprint density at radius 3 is 2.89 bits per heavy atom. The first-order valence-electron chi connectivity index (χ1n) is 5.92. The van der Waals surface area contributed by atoms with Crippen molar-refractivity contribution in [3.05, 3.63) is 29.8 Å². The van der Waals surface area contributed by atoms with Gasteiger partial charge in [-0.25, -0.2) is 0 Å². The zero-order valence-electron chi connectivity index (χ0n) is 10.9. The summed E-state index contributed by atoms with van der Waals surface area (Å²) in [6, 6.07) is 5.08. The monoisotopic (exact) mass is 249 g/mol. The molecule has 2 N–H and O–H groups in total. The number of rotatable bonds is 5. The zero-order chi connectivity index (χ0) is 13.5. The summed E-state index contributed by atoms with van der Waals surface area (Å²) >= 11 is 0. The largest absolute Gasteiger partial charge is 0.504 e. The number of ether oxygens (including phenoxy) is 1. The highest BCUT2D eigenvalue weighted by atomic mass is 16.5. The fourth-order valence-electron chi connectivity index (χ4n) is 1.36. The van der Waals surface area contributed by atoms with Crippen LogP contribution in [0.25, 0.3) is 6.08 Å². The predicted molar refractivity (Wildman–Crippen MR) is 71.6 cm³/mol. The standard InChI is InChI=1S/C14H19NO3/c1-4-10(2)15-14(17)8-6-11-5-7-12(16)13(9-11)18-3/h5-10,16H,4H2,1-3H3,(H,15,17). The Balaban J connectivity index is 2.69. The number of hydrogen-bond acceptors (Lipinski definition) is 3. The zero-order valence-corrected chi connectivity index (χ0v) is 10.9. The van der Waals surface area contributed by atoms with Gasteiger partial charge in [0.2, 0.25) is 5.91 Å². The Bertz CT molecular complexity index is 441. The third kappa shape index (κ3) is 4.13. The minimum absolute atomic E-state index is 0.0821. The molecule has 98 valence electrons. The third-order valence-electron chi connectivity index (χ3n) is 2.63. The molecule has 4 heteroatoms. The molecule has 1 atom stereocenters. The lowest BCUT2D eigenvalue weighted by molar-refractivity contribution is -0.117. The van der Waals surface area contributed by atoms with Gasteiger partial charge in [-0.1, -0.05) is 13.0 Å². The van der Waals surface area contributed by atoms with Crippen molar-refractivity contribution >= 4 is 12.0 Å². The molecule has 4 nitrogen and oxygen atoms in total. The molecule has 0 heterocycles. The fraction of sp³-hybridized carbons (Fsp3) is 0.357. The second-order valence-electron chi connectivity index (χ2n) is 4.08.